The summed E-state index contributed by atoms with van der Waals surface area (Å²) in [6, 6.07) is 8.05. The number of halogens is 1. The predicted octanol–water partition coefficient (Wildman–Crippen LogP) is 2.20. The molecule has 18 heavy (non-hydrogen) atoms. The third-order valence-corrected chi connectivity index (χ3v) is 3.52. The highest BCUT2D eigenvalue weighted by molar-refractivity contribution is 6.33. The van der Waals surface area contributed by atoms with Gasteiger partial charge in [0.1, 0.15) is 0 Å². The zero-order chi connectivity index (χ0) is 13.2. The summed E-state index contributed by atoms with van der Waals surface area (Å²) in [5.41, 5.74) is 7.09. The van der Waals surface area contributed by atoms with Crippen LogP contribution in [0.1, 0.15) is 13.8 Å². The number of rotatable bonds is 3. The molecule has 0 aromatic heterocycles. The molecule has 0 bridgehead atoms. The van der Waals surface area contributed by atoms with E-state index in [1.807, 2.05) is 18.2 Å². The van der Waals surface area contributed by atoms with Crippen molar-refractivity contribution in [3.63, 3.8) is 0 Å². The van der Waals surface area contributed by atoms with Crippen LogP contribution in [0.2, 0.25) is 5.02 Å². The number of benzene rings is 1. The summed E-state index contributed by atoms with van der Waals surface area (Å²) in [4.78, 5) is 4.77. The van der Waals surface area contributed by atoms with E-state index in [2.05, 4.69) is 29.7 Å². The Hall–Kier alpha value is -0.770. The van der Waals surface area contributed by atoms with Crippen molar-refractivity contribution in [2.75, 3.05) is 37.6 Å². The summed E-state index contributed by atoms with van der Waals surface area (Å²) in [5.74, 6) is 0. The molecule has 0 amide bonds. The van der Waals surface area contributed by atoms with Gasteiger partial charge in [-0.05, 0) is 26.0 Å². The van der Waals surface area contributed by atoms with Gasteiger partial charge < -0.3 is 10.6 Å². The van der Waals surface area contributed by atoms with Crippen LogP contribution in [0, 0.1) is 0 Å². The Morgan fingerprint density at radius 1 is 1.17 bits per heavy atom. The Balaban J connectivity index is 1.93. The third-order valence-electron chi connectivity index (χ3n) is 3.20. The van der Waals surface area contributed by atoms with Crippen LogP contribution in [0.15, 0.2) is 24.3 Å². The van der Waals surface area contributed by atoms with Gasteiger partial charge in [-0.2, -0.15) is 0 Å². The van der Waals surface area contributed by atoms with Crippen LogP contribution in [0.4, 0.5) is 5.69 Å². The molecule has 0 aliphatic carbocycles. The van der Waals surface area contributed by atoms with Crippen LogP contribution in [-0.4, -0.2) is 43.2 Å². The van der Waals surface area contributed by atoms with Crippen molar-refractivity contribution in [1.82, 2.24) is 4.90 Å². The molecule has 0 radical (unpaired) electrons. The van der Waals surface area contributed by atoms with Crippen LogP contribution < -0.4 is 10.6 Å². The van der Waals surface area contributed by atoms with Gasteiger partial charge in [0.15, 0.2) is 0 Å². The summed E-state index contributed by atoms with van der Waals surface area (Å²) in [6.07, 6.45) is 0. The Kier molecular flexibility index (Phi) is 4.15. The predicted molar refractivity (Wildman–Crippen MR) is 78.4 cm³/mol. The second-order valence-corrected chi connectivity index (χ2v) is 6.11. The number of anilines is 1. The molecule has 1 fully saturated rings. The lowest BCUT2D eigenvalue weighted by Gasteiger charge is -2.39. The normalized spacial score (nSPS) is 18.1. The minimum absolute atomic E-state index is 0.118. The first-order chi connectivity index (χ1) is 8.46. The largest absolute Gasteiger partial charge is 0.368 e. The van der Waals surface area contributed by atoms with Crippen molar-refractivity contribution in [3.05, 3.63) is 29.3 Å². The summed E-state index contributed by atoms with van der Waals surface area (Å²) >= 11 is 6.23. The van der Waals surface area contributed by atoms with Crippen LogP contribution in [-0.2, 0) is 0 Å². The Bertz CT molecular complexity index is 392. The smallest absolute Gasteiger partial charge is 0.0639 e. The van der Waals surface area contributed by atoms with Gasteiger partial charge in [-0.15, -0.1) is 0 Å². The molecule has 1 aliphatic heterocycles. The number of hydrogen-bond acceptors (Lipinski definition) is 3. The van der Waals surface area contributed by atoms with Crippen molar-refractivity contribution in [2.45, 2.75) is 19.4 Å². The molecule has 1 saturated heterocycles. The van der Waals surface area contributed by atoms with Crippen molar-refractivity contribution in [2.24, 2.45) is 5.73 Å². The van der Waals surface area contributed by atoms with Crippen molar-refractivity contribution < 1.29 is 0 Å². The number of nitrogens with two attached hydrogens (primary N) is 1. The van der Waals surface area contributed by atoms with Gasteiger partial charge in [0.2, 0.25) is 0 Å². The van der Waals surface area contributed by atoms with Gasteiger partial charge in [-0.3, -0.25) is 4.90 Å². The molecular weight excluding hydrogens is 246 g/mol. The van der Waals surface area contributed by atoms with Crippen molar-refractivity contribution >= 4 is 17.3 Å². The Morgan fingerprint density at radius 2 is 1.78 bits per heavy atom. The molecule has 1 aromatic rings. The van der Waals surface area contributed by atoms with Crippen molar-refractivity contribution in [3.8, 4) is 0 Å². The van der Waals surface area contributed by atoms with E-state index in [4.69, 9.17) is 17.3 Å². The lowest BCUT2D eigenvalue weighted by molar-refractivity contribution is 0.214. The number of hydrogen-bond donors (Lipinski definition) is 1. The first-order valence-corrected chi connectivity index (χ1v) is 6.84. The number of nitrogens with zero attached hydrogens (tertiary/aromatic N) is 2. The maximum atomic E-state index is 6.23. The zero-order valence-electron chi connectivity index (χ0n) is 11.2. The average Bonchev–Trinajstić information content (AvgIpc) is 2.29. The van der Waals surface area contributed by atoms with Crippen LogP contribution in [0.5, 0.6) is 0 Å². The average molecular weight is 268 g/mol. The molecule has 1 aromatic carbocycles. The SMILES string of the molecule is CC(C)(N)CN1CCN(c2ccccc2Cl)CC1. The molecule has 100 valence electrons. The summed E-state index contributed by atoms with van der Waals surface area (Å²) in [7, 11) is 0. The lowest BCUT2D eigenvalue weighted by atomic mass is 10.1. The highest BCUT2D eigenvalue weighted by Gasteiger charge is 2.22. The van der Waals surface area contributed by atoms with E-state index in [9.17, 15) is 0 Å². The first-order valence-electron chi connectivity index (χ1n) is 6.46. The molecule has 4 heteroatoms. The summed E-state index contributed by atoms with van der Waals surface area (Å²) in [6.45, 7) is 9.22. The molecule has 3 nitrogen and oxygen atoms in total. The van der Waals surface area contributed by atoms with Gasteiger partial charge in [0, 0.05) is 38.3 Å². The Morgan fingerprint density at radius 3 is 2.33 bits per heavy atom. The second kappa shape index (κ2) is 5.47. The maximum Gasteiger partial charge on any atom is 0.0639 e. The third kappa shape index (κ3) is 3.61. The molecule has 1 aliphatic rings. The minimum atomic E-state index is -0.118. The van der Waals surface area contributed by atoms with Gasteiger partial charge in [0.05, 0.1) is 10.7 Å². The van der Waals surface area contributed by atoms with Gasteiger partial charge >= 0.3 is 0 Å². The standard InChI is InChI=1S/C14H22ClN3/c1-14(2,16)11-17-7-9-18(10-8-17)13-6-4-3-5-12(13)15/h3-6H,7-11,16H2,1-2H3. The fraction of sp³-hybridized carbons (Fsp3) is 0.571. The molecule has 0 atom stereocenters. The fourth-order valence-corrected chi connectivity index (χ4v) is 2.69. The van der Waals surface area contributed by atoms with Crippen molar-refractivity contribution in [1.29, 1.82) is 0 Å². The topological polar surface area (TPSA) is 32.5 Å². The van der Waals surface area contributed by atoms with E-state index in [-0.39, 0.29) is 5.54 Å². The van der Waals surface area contributed by atoms with E-state index in [1.54, 1.807) is 0 Å². The summed E-state index contributed by atoms with van der Waals surface area (Å²) < 4.78 is 0. The number of para-hydroxylation sites is 1. The molecular formula is C14H22ClN3. The Labute approximate surface area is 115 Å². The van der Waals surface area contributed by atoms with Crippen LogP contribution in [0.3, 0.4) is 0 Å². The molecule has 0 unspecified atom stereocenters. The van der Waals surface area contributed by atoms with Crippen LogP contribution in [0.25, 0.3) is 0 Å². The monoisotopic (exact) mass is 267 g/mol. The van der Waals surface area contributed by atoms with Gasteiger partial charge in [-0.25, -0.2) is 0 Å². The van der Waals surface area contributed by atoms with Crippen LogP contribution >= 0.6 is 11.6 Å². The number of piperazine rings is 1. The molecule has 2 N–H and O–H groups in total. The molecule has 0 saturated carbocycles. The lowest BCUT2D eigenvalue weighted by Crippen LogP contribution is -2.53. The fourth-order valence-electron chi connectivity index (χ4n) is 2.43. The van der Waals surface area contributed by atoms with Gasteiger partial charge in [-0.1, -0.05) is 23.7 Å². The van der Waals surface area contributed by atoms with Gasteiger partial charge in [0.25, 0.3) is 0 Å². The highest BCUT2D eigenvalue weighted by atomic mass is 35.5. The van der Waals surface area contributed by atoms with E-state index in [0.29, 0.717) is 0 Å². The van der Waals surface area contributed by atoms with E-state index in [1.165, 1.54) is 0 Å². The quantitative estimate of drug-likeness (QED) is 0.911. The minimum Gasteiger partial charge on any atom is -0.368 e. The maximum absolute atomic E-state index is 6.23. The molecule has 0 spiro atoms. The molecule has 1 heterocycles. The molecule has 2 rings (SSSR count). The second-order valence-electron chi connectivity index (χ2n) is 5.70. The summed E-state index contributed by atoms with van der Waals surface area (Å²) in [5, 5.41) is 0.838. The first kappa shape index (κ1) is 13.7. The van der Waals surface area contributed by atoms with E-state index < -0.39 is 0 Å². The van der Waals surface area contributed by atoms with E-state index >= 15 is 0 Å². The highest BCUT2D eigenvalue weighted by Crippen LogP contribution is 2.26. The van der Waals surface area contributed by atoms with E-state index in [0.717, 1.165) is 43.4 Å². The zero-order valence-corrected chi connectivity index (χ0v) is 12.0.